The van der Waals surface area contributed by atoms with Crippen LogP contribution in [0, 0.1) is 0 Å². The third kappa shape index (κ3) is 6.06. The van der Waals surface area contributed by atoms with Gasteiger partial charge in [0, 0.05) is 37.7 Å². The molecule has 0 aliphatic carbocycles. The van der Waals surface area contributed by atoms with Crippen molar-refractivity contribution >= 4 is 23.7 Å². The lowest BCUT2D eigenvalue weighted by molar-refractivity contribution is -0.122. The van der Waals surface area contributed by atoms with Gasteiger partial charge in [-0.25, -0.2) is 5.43 Å². The summed E-state index contributed by atoms with van der Waals surface area (Å²) in [4.78, 5) is 16.5. The Bertz CT molecular complexity index is 804. The van der Waals surface area contributed by atoms with Crippen molar-refractivity contribution in [2.75, 3.05) is 32.7 Å². The van der Waals surface area contributed by atoms with Crippen LogP contribution in [0.3, 0.4) is 0 Å². The van der Waals surface area contributed by atoms with E-state index in [-0.39, 0.29) is 11.7 Å². The highest BCUT2D eigenvalue weighted by Gasteiger charge is 2.19. The fraction of sp³-hybridized carbons (Fsp3) is 0.300. The van der Waals surface area contributed by atoms with E-state index in [1.54, 1.807) is 24.3 Å². The molecule has 7 heteroatoms. The molecule has 2 aromatic rings. The van der Waals surface area contributed by atoms with Gasteiger partial charge >= 0.3 is 0 Å². The van der Waals surface area contributed by atoms with Gasteiger partial charge in [-0.15, -0.1) is 0 Å². The fourth-order valence-corrected chi connectivity index (χ4v) is 3.19. The van der Waals surface area contributed by atoms with Gasteiger partial charge in [-0.1, -0.05) is 41.9 Å². The van der Waals surface area contributed by atoms with E-state index in [0.29, 0.717) is 6.54 Å². The highest BCUT2D eigenvalue weighted by atomic mass is 35.5. The normalized spacial score (nSPS) is 15.9. The molecule has 0 aromatic heterocycles. The Morgan fingerprint density at radius 2 is 1.85 bits per heavy atom. The molecule has 6 nitrogen and oxygen atoms in total. The predicted molar refractivity (Wildman–Crippen MR) is 107 cm³/mol. The molecule has 3 rings (SSSR count). The van der Waals surface area contributed by atoms with Crippen LogP contribution in [0.5, 0.6) is 5.75 Å². The summed E-state index contributed by atoms with van der Waals surface area (Å²) in [7, 11) is 0. The number of phenols is 1. The minimum atomic E-state index is -0.147. The number of phenolic OH excluding ortho intramolecular Hbond substituents is 1. The number of nitrogens with one attached hydrogen (secondary N) is 1. The van der Waals surface area contributed by atoms with Crippen LogP contribution in [-0.4, -0.2) is 59.8 Å². The van der Waals surface area contributed by atoms with Gasteiger partial charge in [-0.3, -0.25) is 14.6 Å². The van der Waals surface area contributed by atoms with Crippen LogP contribution in [0.15, 0.2) is 53.6 Å². The quantitative estimate of drug-likeness (QED) is 0.590. The molecule has 142 valence electrons. The number of hydrogen-bond donors (Lipinski definition) is 2. The SMILES string of the molecule is O=C(CN1CCN(Cc2ccccc2Cl)CC1)NN=Cc1cccc(O)c1. The van der Waals surface area contributed by atoms with Crippen molar-refractivity contribution in [3.8, 4) is 5.75 Å². The predicted octanol–water partition coefficient (Wildman–Crippen LogP) is 2.31. The lowest BCUT2D eigenvalue weighted by atomic mass is 10.2. The summed E-state index contributed by atoms with van der Waals surface area (Å²) >= 11 is 6.23. The van der Waals surface area contributed by atoms with Crippen LogP contribution < -0.4 is 5.43 Å². The molecule has 1 aliphatic rings. The minimum absolute atomic E-state index is 0.147. The van der Waals surface area contributed by atoms with E-state index < -0.39 is 0 Å². The standard InChI is InChI=1S/C20H23ClN4O2/c21-19-7-2-1-5-17(19)14-24-8-10-25(11-9-24)15-20(27)23-22-13-16-4-3-6-18(26)12-16/h1-7,12-13,26H,8-11,14-15H2,(H,23,27). The number of benzene rings is 2. The summed E-state index contributed by atoms with van der Waals surface area (Å²) in [5, 5.41) is 14.1. The molecule has 0 radical (unpaired) electrons. The first-order chi connectivity index (χ1) is 13.1. The van der Waals surface area contributed by atoms with Crippen molar-refractivity contribution in [3.05, 3.63) is 64.7 Å². The molecule has 0 saturated carbocycles. The second-order valence-corrected chi connectivity index (χ2v) is 6.94. The highest BCUT2D eigenvalue weighted by Crippen LogP contribution is 2.17. The van der Waals surface area contributed by atoms with E-state index in [0.717, 1.165) is 48.9 Å². The summed E-state index contributed by atoms with van der Waals surface area (Å²) in [6.07, 6.45) is 1.51. The van der Waals surface area contributed by atoms with Crippen LogP contribution in [0.1, 0.15) is 11.1 Å². The van der Waals surface area contributed by atoms with E-state index in [1.807, 2.05) is 24.3 Å². The largest absolute Gasteiger partial charge is 0.508 e. The Morgan fingerprint density at radius 3 is 2.59 bits per heavy atom. The topological polar surface area (TPSA) is 68.2 Å². The molecule has 0 unspecified atom stereocenters. The summed E-state index contributed by atoms with van der Waals surface area (Å²) in [6, 6.07) is 14.6. The molecule has 1 aliphatic heterocycles. The number of carbonyl (C=O) groups is 1. The highest BCUT2D eigenvalue weighted by molar-refractivity contribution is 6.31. The minimum Gasteiger partial charge on any atom is -0.508 e. The van der Waals surface area contributed by atoms with E-state index >= 15 is 0 Å². The Morgan fingerprint density at radius 1 is 1.11 bits per heavy atom. The molecule has 1 amide bonds. The first-order valence-corrected chi connectivity index (χ1v) is 9.27. The molecule has 2 aromatic carbocycles. The first kappa shape index (κ1) is 19.4. The van der Waals surface area contributed by atoms with E-state index in [1.165, 1.54) is 6.21 Å². The second-order valence-electron chi connectivity index (χ2n) is 6.53. The molecular formula is C20H23ClN4O2. The molecule has 0 bridgehead atoms. The maximum atomic E-state index is 12.0. The van der Waals surface area contributed by atoms with Crippen molar-refractivity contribution in [2.24, 2.45) is 5.10 Å². The van der Waals surface area contributed by atoms with E-state index in [4.69, 9.17) is 11.6 Å². The summed E-state index contributed by atoms with van der Waals surface area (Å²) in [6.45, 7) is 4.59. The smallest absolute Gasteiger partial charge is 0.254 e. The molecule has 0 spiro atoms. The number of halogens is 1. The van der Waals surface area contributed by atoms with Crippen LogP contribution in [0.4, 0.5) is 0 Å². The zero-order chi connectivity index (χ0) is 19.1. The number of hydrogen-bond acceptors (Lipinski definition) is 5. The maximum absolute atomic E-state index is 12.0. The second kappa shape index (κ2) is 9.50. The van der Waals surface area contributed by atoms with Crippen LogP contribution in [0.2, 0.25) is 5.02 Å². The van der Waals surface area contributed by atoms with Crippen LogP contribution in [0.25, 0.3) is 0 Å². The van der Waals surface area contributed by atoms with E-state index in [2.05, 4.69) is 20.3 Å². The number of hydrazone groups is 1. The third-order valence-corrected chi connectivity index (χ3v) is 4.83. The molecular weight excluding hydrogens is 364 g/mol. The maximum Gasteiger partial charge on any atom is 0.254 e. The lowest BCUT2D eigenvalue weighted by Gasteiger charge is -2.34. The summed E-state index contributed by atoms with van der Waals surface area (Å²) in [5.74, 6) is 0.0193. The zero-order valence-electron chi connectivity index (χ0n) is 15.0. The molecule has 27 heavy (non-hydrogen) atoms. The van der Waals surface area contributed by atoms with Crippen LogP contribution >= 0.6 is 11.6 Å². The number of nitrogens with zero attached hydrogens (tertiary/aromatic N) is 3. The number of aromatic hydroxyl groups is 1. The Labute approximate surface area is 164 Å². The van der Waals surface area contributed by atoms with Gasteiger partial charge < -0.3 is 5.11 Å². The Kier molecular flexibility index (Phi) is 6.81. The summed E-state index contributed by atoms with van der Waals surface area (Å²) < 4.78 is 0. The van der Waals surface area contributed by atoms with Crippen molar-refractivity contribution in [2.45, 2.75) is 6.54 Å². The first-order valence-electron chi connectivity index (χ1n) is 8.89. The monoisotopic (exact) mass is 386 g/mol. The lowest BCUT2D eigenvalue weighted by Crippen LogP contribution is -2.48. The van der Waals surface area contributed by atoms with Gasteiger partial charge in [-0.2, -0.15) is 5.10 Å². The molecule has 2 N–H and O–H groups in total. The molecule has 1 heterocycles. The fourth-order valence-electron chi connectivity index (χ4n) is 3.00. The molecule has 1 fully saturated rings. The number of rotatable bonds is 6. The van der Waals surface area contributed by atoms with Crippen molar-refractivity contribution < 1.29 is 9.90 Å². The average molecular weight is 387 g/mol. The Hall–Kier alpha value is -2.41. The van der Waals surface area contributed by atoms with Gasteiger partial charge in [0.15, 0.2) is 0 Å². The molecule has 0 atom stereocenters. The van der Waals surface area contributed by atoms with Crippen molar-refractivity contribution in [3.63, 3.8) is 0 Å². The van der Waals surface area contributed by atoms with Crippen molar-refractivity contribution in [1.82, 2.24) is 15.2 Å². The summed E-state index contributed by atoms with van der Waals surface area (Å²) in [5.41, 5.74) is 4.39. The van der Waals surface area contributed by atoms with Gasteiger partial charge in [0.1, 0.15) is 5.75 Å². The van der Waals surface area contributed by atoms with Crippen molar-refractivity contribution in [1.29, 1.82) is 0 Å². The zero-order valence-corrected chi connectivity index (χ0v) is 15.8. The van der Waals surface area contributed by atoms with Gasteiger partial charge in [0.25, 0.3) is 5.91 Å². The number of piperazine rings is 1. The van der Waals surface area contributed by atoms with Crippen LogP contribution in [-0.2, 0) is 11.3 Å². The van der Waals surface area contributed by atoms with Gasteiger partial charge in [0.05, 0.1) is 12.8 Å². The number of carbonyl (C=O) groups excluding carboxylic acids is 1. The number of amides is 1. The molecule has 1 saturated heterocycles. The van der Waals surface area contributed by atoms with E-state index in [9.17, 15) is 9.90 Å². The van der Waals surface area contributed by atoms with Gasteiger partial charge in [-0.05, 0) is 29.3 Å². The third-order valence-electron chi connectivity index (χ3n) is 4.46. The van der Waals surface area contributed by atoms with Gasteiger partial charge in [0.2, 0.25) is 0 Å². The average Bonchev–Trinajstić information content (AvgIpc) is 2.65. The Balaban J connectivity index is 1.39.